The molecule has 20 heavy (non-hydrogen) atoms. The van der Waals surface area contributed by atoms with Crippen molar-refractivity contribution in [1.82, 2.24) is 9.71 Å². The van der Waals surface area contributed by atoms with Gasteiger partial charge in [-0.2, -0.15) is 4.72 Å². The summed E-state index contributed by atoms with van der Waals surface area (Å²) in [6, 6.07) is -1.50. The van der Waals surface area contributed by atoms with E-state index in [1.54, 1.807) is 0 Å². The Balaban J connectivity index is 2.97. The number of nitrogens with two attached hydrogens (primary N) is 1. The van der Waals surface area contributed by atoms with Crippen molar-refractivity contribution in [1.29, 1.82) is 0 Å². The maximum Gasteiger partial charge on any atom is 0.321 e. The summed E-state index contributed by atoms with van der Waals surface area (Å²) in [6.45, 7) is 1.38. The van der Waals surface area contributed by atoms with Crippen molar-refractivity contribution in [3.05, 3.63) is 15.4 Å². The fourth-order valence-electron chi connectivity index (χ4n) is 1.41. The summed E-state index contributed by atoms with van der Waals surface area (Å²) in [5.74, 6) is -2.17. The summed E-state index contributed by atoms with van der Waals surface area (Å²) < 4.78 is 25.6. The Labute approximate surface area is 117 Å². The molecule has 1 heterocycles. The molecule has 0 unspecified atom stereocenters. The second-order valence-electron chi connectivity index (χ2n) is 3.94. The number of carbonyl (C=O) groups excluding carboxylic acids is 1. The van der Waals surface area contributed by atoms with Gasteiger partial charge in [0.15, 0.2) is 4.21 Å². The van der Waals surface area contributed by atoms with E-state index in [-0.39, 0.29) is 22.7 Å². The Morgan fingerprint density at radius 3 is 2.50 bits per heavy atom. The molecule has 9 nitrogen and oxygen atoms in total. The highest BCUT2D eigenvalue weighted by Gasteiger charge is 2.28. The number of aromatic nitrogens is 1. The van der Waals surface area contributed by atoms with E-state index < -0.39 is 32.8 Å². The van der Waals surface area contributed by atoms with Crippen LogP contribution in [0.3, 0.4) is 0 Å². The van der Waals surface area contributed by atoms with E-state index in [9.17, 15) is 22.8 Å². The van der Waals surface area contributed by atoms with Gasteiger partial charge in [0, 0.05) is 12.1 Å². The number of aryl methyl sites for hydroxylation is 1. The number of hydrogen-bond acceptors (Lipinski definition) is 6. The lowest BCUT2D eigenvalue weighted by molar-refractivity contribution is -0.139. The molecule has 1 rings (SSSR count). The molecule has 0 aliphatic heterocycles. The van der Waals surface area contributed by atoms with E-state index in [4.69, 9.17) is 10.8 Å². The molecule has 0 saturated carbocycles. The Bertz CT molecular complexity index is 674. The smallest absolute Gasteiger partial charge is 0.321 e. The normalized spacial score (nSPS) is 13.1. The molecule has 0 saturated heterocycles. The first-order valence-electron chi connectivity index (χ1n) is 5.36. The van der Waals surface area contributed by atoms with Crippen LogP contribution in [0.1, 0.15) is 18.5 Å². The minimum atomic E-state index is -4.16. The Morgan fingerprint density at radius 1 is 1.50 bits per heavy atom. The SMILES string of the molecule is Cc1[nH]c(=O)sc1S(=O)(=O)N[C@H](CCC(N)=O)C(=O)O. The number of amides is 1. The quantitative estimate of drug-likeness (QED) is 0.490. The monoisotopic (exact) mass is 323 g/mol. The first kappa shape index (κ1) is 16.3. The predicted octanol–water partition coefficient (Wildman–Crippen LogP) is -1.26. The van der Waals surface area contributed by atoms with Gasteiger partial charge in [-0.3, -0.25) is 14.4 Å². The van der Waals surface area contributed by atoms with Crippen LogP contribution in [0.15, 0.2) is 9.00 Å². The van der Waals surface area contributed by atoms with E-state index in [0.717, 1.165) is 0 Å². The van der Waals surface area contributed by atoms with Gasteiger partial charge < -0.3 is 15.8 Å². The fourth-order valence-corrected chi connectivity index (χ4v) is 3.95. The maximum absolute atomic E-state index is 12.0. The molecule has 0 fully saturated rings. The highest BCUT2D eigenvalue weighted by Crippen LogP contribution is 2.16. The molecule has 0 spiro atoms. The van der Waals surface area contributed by atoms with Crippen LogP contribution in [0.4, 0.5) is 0 Å². The summed E-state index contributed by atoms with van der Waals surface area (Å²) >= 11 is 0.453. The number of rotatable bonds is 7. The van der Waals surface area contributed by atoms with Crippen molar-refractivity contribution in [2.24, 2.45) is 5.73 Å². The van der Waals surface area contributed by atoms with Gasteiger partial charge in [-0.25, -0.2) is 8.42 Å². The highest BCUT2D eigenvalue weighted by molar-refractivity contribution is 7.91. The van der Waals surface area contributed by atoms with Gasteiger partial charge in [0.05, 0.1) is 0 Å². The van der Waals surface area contributed by atoms with Gasteiger partial charge in [-0.15, -0.1) is 0 Å². The van der Waals surface area contributed by atoms with E-state index in [2.05, 4.69) is 4.98 Å². The summed E-state index contributed by atoms with van der Waals surface area (Å²) in [6.07, 6.45) is -0.551. The third-order valence-corrected chi connectivity index (χ3v) is 5.38. The molecule has 0 bridgehead atoms. The Hall–Kier alpha value is -1.72. The highest BCUT2D eigenvalue weighted by atomic mass is 32.2. The molecule has 1 aromatic heterocycles. The van der Waals surface area contributed by atoms with E-state index in [1.165, 1.54) is 6.92 Å². The molecule has 112 valence electrons. The zero-order valence-electron chi connectivity index (χ0n) is 10.4. The number of carboxylic acids is 1. The standard InChI is InChI=1S/C9H13N3O6S2/c1-4-8(19-9(16)11-4)20(17,18)12-5(7(14)15)2-3-6(10)13/h5,12H,2-3H2,1H3,(H2,10,13)(H,11,16)(H,14,15)/t5-/m1/s1. The van der Waals surface area contributed by atoms with Crippen LogP contribution in [0.5, 0.6) is 0 Å². The molecular formula is C9H13N3O6S2. The molecule has 1 aromatic rings. The van der Waals surface area contributed by atoms with Crippen molar-refractivity contribution in [2.45, 2.75) is 30.0 Å². The van der Waals surface area contributed by atoms with Crippen molar-refractivity contribution in [3.63, 3.8) is 0 Å². The van der Waals surface area contributed by atoms with E-state index in [0.29, 0.717) is 11.3 Å². The minimum absolute atomic E-state index is 0.117. The van der Waals surface area contributed by atoms with Gasteiger partial charge in [0.1, 0.15) is 6.04 Å². The lowest BCUT2D eigenvalue weighted by atomic mass is 10.2. The zero-order chi connectivity index (χ0) is 15.5. The number of thiazole rings is 1. The van der Waals surface area contributed by atoms with Crippen LogP contribution in [0, 0.1) is 6.92 Å². The molecule has 11 heteroatoms. The van der Waals surface area contributed by atoms with Crippen LogP contribution < -0.4 is 15.3 Å². The van der Waals surface area contributed by atoms with E-state index in [1.807, 2.05) is 4.72 Å². The van der Waals surface area contributed by atoms with E-state index >= 15 is 0 Å². The Kier molecular flexibility index (Phi) is 5.03. The van der Waals surface area contributed by atoms with Crippen molar-refractivity contribution < 1.29 is 23.1 Å². The number of nitrogens with one attached hydrogen (secondary N) is 2. The first-order chi connectivity index (χ1) is 9.13. The lowest BCUT2D eigenvalue weighted by Gasteiger charge is -2.13. The molecular weight excluding hydrogens is 310 g/mol. The lowest BCUT2D eigenvalue weighted by Crippen LogP contribution is -2.41. The number of aromatic amines is 1. The average Bonchev–Trinajstić information content (AvgIpc) is 2.64. The molecule has 1 atom stereocenters. The van der Waals surface area contributed by atoms with Crippen molar-refractivity contribution in [3.8, 4) is 0 Å². The topological polar surface area (TPSA) is 159 Å². The van der Waals surface area contributed by atoms with Gasteiger partial charge >= 0.3 is 10.8 Å². The second-order valence-corrected chi connectivity index (χ2v) is 6.84. The molecule has 0 radical (unpaired) electrons. The number of sulfonamides is 1. The van der Waals surface area contributed by atoms with Crippen molar-refractivity contribution in [2.75, 3.05) is 0 Å². The average molecular weight is 323 g/mol. The molecule has 5 N–H and O–H groups in total. The summed E-state index contributed by atoms with van der Waals surface area (Å²) in [5.41, 5.74) is 5.01. The predicted molar refractivity (Wildman–Crippen MR) is 69.9 cm³/mol. The third kappa shape index (κ3) is 4.15. The van der Waals surface area contributed by atoms with Gasteiger partial charge in [0.25, 0.3) is 10.0 Å². The van der Waals surface area contributed by atoms with Gasteiger partial charge in [-0.05, 0) is 13.3 Å². The molecule has 0 aliphatic rings. The molecule has 1 amide bonds. The van der Waals surface area contributed by atoms with Crippen LogP contribution in [-0.4, -0.2) is 36.4 Å². The van der Waals surface area contributed by atoms with Crippen molar-refractivity contribution >= 4 is 33.2 Å². The fraction of sp³-hybridized carbons (Fsp3) is 0.444. The second kappa shape index (κ2) is 6.15. The van der Waals surface area contributed by atoms with Crippen LogP contribution >= 0.6 is 11.3 Å². The summed E-state index contributed by atoms with van der Waals surface area (Å²) in [7, 11) is -4.16. The largest absolute Gasteiger partial charge is 0.480 e. The molecule has 0 aliphatic carbocycles. The van der Waals surface area contributed by atoms with Gasteiger partial charge in [0.2, 0.25) is 5.91 Å². The summed E-state index contributed by atoms with van der Waals surface area (Å²) in [5, 5.41) is 8.93. The third-order valence-electron chi connectivity index (χ3n) is 2.30. The number of primary amides is 1. The number of H-pyrrole nitrogens is 1. The maximum atomic E-state index is 12.0. The Morgan fingerprint density at radius 2 is 2.10 bits per heavy atom. The van der Waals surface area contributed by atoms with Crippen LogP contribution in [-0.2, 0) is 19.6 Å². The number of carbonyl (C=O) groups is 2. The zero-order valence-corrected chi connectivity index (χ0v) is 12.0. The van der Waals surface area contributed by atoms with Gasteiger partial charge in [-0.1, -0.05) is 11.3 Å². The number of hydrogen-bond donors (Lipinski definition) is 4. The number of aliphatic carboxylic acids is 1. The number of carboxylic acid groups (broad SMARTS) is 1. The summed E-state index contributed by atoms with van der Waals surface area (Å²) in [4.78, 5) is 34.4. The minimum Gasteiger partial charge on any atom is -0.480 e. The first-order valence-corrected chi connectivity index (χ1v) is 7.66. The van der Waals surface area contributed by atoms with Crippen LogP contribution in [0.25, 0.3) is 0 Å². The molecule has 0 aromatic carbocycles. The van der Waals surface area contributed by atoms with Crippen LogP contribution in [0.2, 0.25) is 0 Å².